The van der Waals surface area contributed by atoms with Crippen molar-refractivity contribution in [1.82, 2.24) is 9.03 Å². The predicted octanol–water partition coefficient (Wildman–Crippen LogP) is 1.08. The molecule has 0 aliphatic carbocycles. The topological polar surface area (TPSA) is 75.7 Å². The van der Waals surface area contributed by atoms with Gasteiger partial charge < -0.3 is 4.74 Å². The van der Waals surface area contributed by atoms with Gasteiger partial charge in [-0.1, -0.05) is 22.9 Å². The first-order valence-electron chi connectivity index (χ1n) is 4.88. The zero-order valence-corrected chi connectivity index (χ0v) is 12.0. The zero-order chi connectivity index (χ0) is 12.8. The van der Waals surface area contributed by atoms with Crippen molar-refractivity contribution in [3.05, 3.63) is 0 Å². The maximum absolute atomic E-state index is 11.6. The maximum Gasteiger partial charge on any atom is 0.422 e. The first-order valence-corrected chi connectivity index (χ1v) is 7.44. The molecule has 1 N–H and O–H groups in total. The number of carbonyl (C=O) groups excluding carboxylic acids is 1. The van der Waals surface area contributed by atoms with E-state index in [2.05, 4.69) is 15.9 Å². The lowest BCUT2D eigenvalue weighted by Gasteiger charge is -2.19. The average Bonchev–Trinajstić information content (AvgIpc) is 2.11. The van der Waals surface area contributed by atoms with E-state index in [-0.39, 0.29) is 12.6 Å². The number of halogens is 1. The first-order chi connectivity index (χ1) is 7.33. The van der Waals surface area contributed by atoms with Crippen LogP contribution in [0.3, 0.4) is 0 Å². The van der Waals surface area contributed by atoms with Crippen molar-refractivity contribution in [3.63, 3.8) is 0 Å². The van der Waals surface area contributed by atoms with Gasteiger partial charge in [0, 0.05) is 18.4 Å². The van der Waals surface area contributed by atoms with Crippen molar-refractivity contribution in [3.8, 4) is 0 Å². The summed E-state index contributed by atoms with van der Waals surface area (Å²) in [5.74, 6) is 0. The molecule has 0 aromatic carbocycles. The van der Waals surface area contributed by atoms with Gasteiger partial charge in [0.1, 0.15) is 0 Å². The SMILES string of the molecule is CCN(CCBr)S(=O)(=O)NC(=O)OC(C)C. The average molecular weight is 317 g/mol. The standard InChI is InChI=1S/C8H17BrN2O4S/c1-4-11(6-5-9)16(13,14)10-8(12)15-7(2)3/h7H,4-6H2,1-3H3,(H,10,12). The summed E-state index contributed by atoms with van der Waals surface area (Å²) in [6.07, 6.45) is -1.32. The van der Waals surface area contributed by atoms with E-state index in [0.29, 0.717) is 11.9 Å². The lowest BCUT2D eigenvalue weighted by atomic mass is 10.5. The highest BCUT2D eigenvalue weighted by atomic mass is 79.9. The van der Waals surface area contributed by atoms with Crippen LogP contribution in [0, 0.1) is 0 Å². The molecule has 0 fully saturated rings. The molecule has 0 aliphatic rings. The predicted molar refractivity (Wildman–Crippen MR) is 64.7 cm³/mol. The minimum Gasteiger partial charge on any atom is -0.446 e. The lowest BCUT2D eigenvalue weighted by molar-refractivity contribution is 0.121. The highest BCUT2D eigenvalue weighted by molar-refractivity contribution is 9.09. The molecule has 0 saturated carbocycles. The quantitative estimate of drug-likeness (QED) is 0.744. The number of alkyl halides is 1. The Morgan fingerprint density at radius 3 is 2.44 bits per heavy atom. The number of rotatable bonds is 6. The van der Waals surface area contributed by atoms with Crippen molar-refractivity contribution >= 4 is 32.2 Å². The fourth-order valence-corrected chi connectivity index (χ4v) is 2.67. The molecule has 1 amide bonds. The molecule has 0 rings (SSSR count). The number of amides is 1. The van der Waals surface area contributed by atoms with Gasteiger partial charge in [0.2, 0.25) is 0 Å². The molecule has 8 heteroatoms. The summed E-state index contributed by atoms with van der Waals surface area (Å²) >= 11 is 3.14. The molecular formula is C8H17BrN2O4S. The fourth-order valence-electron chi connectivity index (χ4n) is 0.951. The van der Waals surface area contributed by atoms with Crippen molar-refractivity contribution in [2.24, 2.45) is 0 Å². The van der Waals surface area contributed by atoms with E-state index < -0.39 is 16.3 Å². The molecule has 96 valence electrons. The van der Waals surface area contributed by atoms with Gasteiger partial charge in [-0.25, -0.2) is 9.52 Å². The van der Waals surface area contributed by atoms with Crippen LogP contribution in [0.4, 0.5) is 4.79 Å². The number of ether oxygens (including phenoxy) is 1. The minimum absolute atomic E-state index is 0.288. The maximum atomic E-state index is 11.6. The molecule has 0 radical (unpaired) electrons. The second-order valence-electron chi connectivity index (χ2n) is 3.24. The fraction of sp³-hybridized carbons (Fsp3) is 0.875. The zero-order valence-electron chi connectivity index (χ0n) is 9.57. The molecule has 0 aromatic rings. The number of carbonyl (C=O) groups is 1. The molecule has 0 unspecified atom stereocenters. The molecule has 0 saturated heterocycles. The van der Waals surface area contributed by atoms with Crippen LogP contribution in [0.15, 0.2) is 0 Å². The Morgan fingerprint density at radius 2 is 2.06 bits per heavy atom. The van der Waals surface area contributed by atoms with E-state index in [1.165, 1.54) is 0 Å². The third-order valence-electron chi connectivity index (χ3n) is 1.58. The normalized spacial score (nSPS) is 11.9. The van der Waals surface area contributed by atoms with E-state index in [0.717, 1.165) is 4.31 Å². The molecule has 16 heavy (non-hydrogen) atoms. The largest absolute Gasteiger partial charge is 0.446 e. The first kappa shape index (κ1) is 15.7. The third-order valence-corrected chi connectivity index (χ3v) is 3.48. The third kappa shape index (κ3) is 5.66. The summed E-state index contributed by atoms with van der Waals surface area (Å²) < 4.78 is 30.9. The Kier molecular flexibility index (Phi) is 6.93. The van der Waals surface area contributed by atoms with Gasteiger partial charge in [0.25, 0.3) is 0 Å². The summed E-state index contributed by atoms with van der Waals surface area (Å²) in [7, 11) is -3.80. The van der Waals surface area contributed by atoms with E-state index in [4.69, 9.17) is 4.74 Å². The van der Waals surface area contributed by atoms with E-state index in [1.54, 1.807) is 20.8 Å². The Hall–Kier alpha value is -0.340. The Morgan fingerprint density at radius 1 is 1.50 bits per heavy atom. The molecule has 0 bridgehead atoms. The van der Waals surface area contributed by atoms with Crippen LogP contribution in [0.2, 0.25) is 0 Å². The van der Waals surface area contributed by atoms with Gasteiger partial charge in [-0.05, 0) is 13.8 Å². The highest BCUT2D eigenvalue weighted by Crippen LogP contribution is 2.00. The second kappa shape index (κ2) is 7.08. The Bertz CT molecular complexity index is 318. The van der Waals surface area contributed by atoms with E-state index in [1.807, 2.05) is 4.72 Å². The molecule has 0 aromatic heterocycles. The van der Waals surface area contributed by atoms with Gasteiger partial charge in [-0.2, -0.15) is 12.7 Å². The summed E-state index contributed by atoms with van der Waals surface area (Å²) in [4.78, 5) is 11.1. The number of hydrogen-bond donors (Lipinski definition) is 1. The highest BCUT2D eigenvalue weighted by Gasteiger charge is 2.23. The van der Waals surface area contributed by atoms with Crippen LogP contribution in [-0.4, -0.2) is 43.3 Å². The van der Waals surface area contributed by atoms with Crippen LogP contribution in [0.1, 0.15) is 20.8 Å². The molecule has 0 heterocycles. The monoisotopic (exact) mass is 316 g/mol. The van der Waals surface area contributed by atoms with Crippen LogP contribution >= 0.6 is 15.9 Å². The minimum atomic E-state index is -3.80. The number of nitrogens with zero attached hydrogens (tertiary/aromatic N) is 1. The van der Waals surface area contributed by atoms with Crippen molar-refractivity contribution in [2.75, 3.05) is 18.4 Å². The van der Waals surface area contributed by atoms with Gasteiger partial charge >= 0.3 is 16.3 Å². The molecule has 0 spiro atoms. The summed E-state index contributed by atoms with van der Waals surface area (Å²) in [5.41, 5.74) is 0. The molecule has 0 atom stereocenters. The van der Waals surface area contributed by atoms with Gasteiger partial charge in [-0.15, -0.1) is 0 Å². The summed E-state index contributed by atoms with van der Waals surface area (Å²) in [6.45, 7) is 5.55. The van der Waals surface area contributed by atoms with Crippen LogP contribution < -0.4 is 4.72 Å². The van der Waals surface area contributed by atoms with Crippen LogP contribution in [0.5, 0.6) is 0 Å². The van der Waals surface area contributed by atoms with Gasteiger partial charge in [0.15, 0.2) is 0 Å². The van der Waals surface area contributed by atoms with E-state index >= 15 is 0 Å². The van der Waals surface area contributed by atoms with Gasteiger partial charge in [-0.3, -0.25) is 0 Å². The van der Waals surface area contributed by atoms with E-state index in [9.17, 15) is 13.2 Å². The molecule has 6 nitrogen and oxygen atoms in total. The lowest BCUT2D eigenvalue weighted by Crippen LogP contribution is -2.44. The summed E-state index contributed by atoms with van der Waals surface area (Å²) in [6, 6.07) is 0. The van der Waals surface area contributed by atoms with Crippen LogP contribution in [-0.2, 0) is 14.9 Å². The van der Waals surface area contributed by atoms with Crippen molar-refractivity contribution < 1.29 is 17.9 Å². The second-order valence-corrected chi connectivity index (χ2v) is 5.71. The van der Waals surface area contributed by atoms with Gasteiger partial charge in [0.05, 0.1) is 6.10 Å². The molecular weight excluding hydrogens is 300 g/mol. The number of hydrogen-bond acceptors (Lipinski definition) is 4. The molecule has 0 aliphatic heterocycles. The Balaban J connectivity index is 4.48. The van der Waals surface area contributed by atoms with Crippen LogP contribution in [0.25, 0.3) is 0 Å². The van der Waals surface area contributed by atoms with Crippen molar-refractivity contribution in [2.45, 2.75) is 26.9 Å². The number of nitrogens with one attached hydrogen (secondary N) is 1. The Labute approximate surface area is 105 Å². The summed E-state index contributed by atoms with van der Waals surface area (Å²) in [5, 5.41) is 0.501. The van der Waals surface area contributed by atoms with Crippen molar-refractivity contribution in [1.29, 1.82) is 0 Å². The smallest absolute Gasteiger partial charge is 0.422 e.